The van der Waals surface area contributed by atoms with Crippen molar-refractivity contribution >= 4 is 39.1 Å². The van der Waals surface area contributed by atoms with Gasteiger partial charge in [0.05, 0.1) is 0 Å². The molecule has 1 rings (SSSR count). The highest BCUT2D eigenvalue weighted by molar-refractivity contribution is 9.10. The average Bonchev–Trinajstić information content (AvgIpc) is 1.82. The highest BCUT2D eigenvalue weighted by Gasteiger charge is 2.07. The maximum Gasteiger partial charge on any atom is 0.300 e. The van der Waals surface area contributed by atoms with Gasteiger partial charge in [0.2, 0.25) is 6.20 Å². The predicted molar refractivity (Wildman–Crippen MR) is 43.1 cm³/mol. The number of nitrogens with zero attached hydrogens (tertiary/aromatic N) is 1. The monoisotopic (exact) mass is 241 g/mol. The van der Waals surface area contributed by atoms with Gasteiger partial charge in [-0.25, -0.2) is 0 Å². The third-order valence-electron chi connectivity index (χ3n) is 0.896. The van der Waals surface area contributed by atoms with E-state index in [0.29, 0.717) is 14.2 Å². The van der Waals surface area contributed by atoms with Gasteiger partial charge in [-0.05, 0) is 33.6 Å². The van der Waals surface area contributed by atoms with Crippen molar-refractivity contribution in [2.45, 2.75) is 0 Å². The van der Waals surface area contributed by atoms with Crippen LogP contribution in [0.1, 0.15) is 0 Å². The Kier molecular flexibility index (Phi) is 2.39. The van der Waals surface area contributed by atoms with E-state index in [0.717, 1.165) is 0 Å². The zero-order chi connectivity index (χ0) is 7.72. The smallest absolute Gasteiger partial charge is 0.300 e. The first-order valence-corrected chi connectivity index (χ1v) is 3.90. The molecule has 0 fully saturated rings. The van der Waals surface area contributed by atoms with Crippen LogP contribution in [-0.2, 0) is 0 Å². The van der Waals surface area contributed by atoms with Crippen LogP contribution in [0.4, 0.5) is 0 Å². The lowest BCUT2D eigenvalue weighted by atomic mass is 10.5. The Morgan fingerprint density at radius 3 is 2.60 bits per heavy atom. The first-order valence-electron chi connectivity index (χ1n) is 2.35. The lowest BCUT2D eigenvalue weighted by Crippen LogP contribution is -2.26. The fourth-order valence-corrected chi connectivity index (χ4v) is 1.35. The zero-order valence-electron chi connectivity index (χ0n) is 4.64. The normalized spacial score (nSPS) is 9.90. The number of rotatable bonds is 0. The molecular weight excluding hydrogens is 241 g/mol. The second kappa shape index (κ2) is 2.95. The molecule has 0 unspecified atom stereocenters. The van der Waals surface area contributed by atoms with Gasteiger partial charge in [0.15, 0.2) is 0 Å². The highest BCUT2D eigenvalue weighted by atomic mass is 79.9. The maximum atomic E-state index is 10.7. The van der Waals surface area contributed by atoms with Crippen LogP contribution in [0.15, 0.2) is 16.7 Å². The first-order chi connectivity index (χ1) is 4.61. The molecule has 1 aromatic rings. The summed E-state index contributed by atoms with van der Waals surface area (Å²) in [5.74, 6) is 0. The summed E-state index contributed by atoms with van der Waals surface area (Å²) >= 11 is 14.1. The Morgan fingerprint density at radius 2 is 2.10 bits per heavy atom. The molecule has 1 heterocycles. The van der Waals surface area contributed by atoms with Crippen molar-refractivity contribution in [3.63, 3.8) is 0 Å². The Morgan fingerprint density at radius 1 is 1.50 bits per heavy atom. The third kappa shape index (κ3) is 1.54. The van der Waals surface area contributed by atoms with Gasteiger partial charge in [0, 0.05) is 0 Å². The Labute approximate surface area is 76.1 Å². The van der Waals surface area contributed by atoms with E-state index in [9.17, 15) is 5.21 Å². The van der Waals surface area contributed by atoms with Crippen LogP contribution in [0, 0.1) is 5.21 Å². The third-order valence-corrected chi connectivity index (χ3v) is 2.31. The van der Waals surface area contributed by atoms with E-state index in [1.807, 2.05) is 0 Å². The first kappa shape index (κ1) is 8.11. The second-order valence-corrected chi connectivity index (χ2v) is 3.27. The van der Waals surface area contributed by atoms with E-state index in [2.05, 4.69) is 15.9 Å². The summed E-state index contributed by atoms with van der Waals surface area (Å²) in [5, 5.41) is 11.2. The molecule has 0 aromatic carbocycles. The molecule has 54 valence electrons. The van der Waals surface area contributed by atoms with Crippen molar-refractivity contribution in [3.8, 4) is 0 Å². The van der Waals surface area contributed by atoms with Gasteiger partial charge in [-0.3, -0.25) is 0 Å². The molecule has 10 heavy (non-hydrogen) atoms. The van der Waals surface area contributed by atoms with E-state index in [-0.39, 0.29) is 5.15 Å². The minimum Gasteiger partial charge on any atom is -0.618 e. The van der Waals surface area contributed by atoms with Gasteiger partial charge in [-0.2, -0.15) is 4.73 Å². The van der Waals surface area contributed by atoms with E-state index in [1.54, 1.807) is 6.07 Å². The minimum atomic E-state index is 0.0874. The molecule has 0 N–H and O–H groups in total. The van der Waals surface area contributed by atoms with Gasteiger partial charge >= 0.3 is 5.15 Å². The predicted octanol–water partition coefficient (Wildman–Crippen LogP) is 2.39. The summed E-state index contributed by atoms with van der Waals surface area (Å²) in [6, 6.07) is 1.55. The Balaban J connectivity index is 3.31. The molecule has 0 atom stereocenters. The molecule has 0 saturated heterocycles. The molecule has 2 nitrogen and oxygen atoms in total. The molecule has 0 bridgehead atoms. The van der Waals surface area contributed by atoms with Gasteiger partial charge < -0.3 is 5.21 Å². The molecule has 0 aliphatic rings. The molecule has 5 heteroatoms. The zero-order valence-corrected chi connectivity index (χ0v) is 7.74. The van der Waals surface area contributed by atoms with Crippen LogP contribution in [0.3, 0.4) is 0 Å². The molecule has 0 saturated carbocycles. The van der Waals surface area contributed by atoms with Gasteiger partial charge in [-0.1, -0.05) is 11.6 Å². The molecule has 0 amide bonds. The van der Waals surface area contributed by atoms with Crippen molar-refractivity contribution < 1.29 is 4.73 Å². The quantitative estimate of drug-likeness (QED) is 0.390. The summed E-state index contributed by atoms with van der Waals surface area (Å²) in [5.41, 5.74) is 0. The summed E-state index contributed by atoms with van der Waals surface area (Å²) in [6.45, 7) is 0. The number of pyridine rings is 1. The fraction of sp³-hybridized carbons (Fsp3) is 0. The Hall–Kier alpha value is 0.01000. The second-order valence-electron chi connectivity index (χ2n) is 1.62. The molecule has 1 aromatic heterocycles. The van der Waals surface area contributed by atoms with Gasteiger partial charge in [0.1, 0.15) is 9.50 Å². The average molecular weight is 243 g/mol. The van der Waals surface area contributed by atoms with Crippen molar-refractivity contribution in [3.05, 3.63) is 32.1 Å². The molecular formula is C5H2BrCl2NO. The SMILES string of the molecule is [O-][n+]1cc(Cl)cc(Br)c1Cl. The molecule has 0 aliphatic heterocycles. The van der Waals surface area contributed by atoms with Crippen LogP contribution < -0.4 is 4.73 Å². The lowest BCUT2D eigenvalue weighted by Gasteiger charge is -1.99. The van der Waals surface area contributed by atoms with Crippen LogP contribution in [-0.4, -0.2) is 0 Å². The van der Waals surface area contributed by atoms with Crippen LogP contribution in [0.25, 0.3) is 0 Å². The fourth-order valence-electron chi connectivity index (χ4n) is 0.492. The topological polar surface area (TPSA) is 26.9 Å². The van der Waals surface area contributed by atoms with Crippen molar-refractivity contribution in [1.82, 2.24) is 0 Å². The van der Waals surface area contributed by atoms with E-state index < -0.39 is 0 Å². The summed E-state index contributed by atoms with van der Waals surface area (Å²) in [4.78, 5) is 0. The van der Waals surface area contributed by atoms with Gasteiger partial charge in [-0.15, -0.1) is 0 Å². The Bertz CT molecular complexity index is 243. The van der Waals surface area contributed by atoms with Gasteiger partial charge in [0.25, 0.3) is 0 Å². The largest absolute Gasteiger partial charge is 0.618 e. The highest BCUT2D eigenvalue weighted by Crippen LogP contribution is 2.20. The van der Waals surface area contributed by atoms with Crippen LogP contribution >= 0.6 is 39.1 Å². The summed E-state index contributed by atoms with van der Waals surface area (Å²) in [7, 11) is 0. The van der Waals surface area contributed by atoms with E-state index in [1.165, 1.54) is 6.20 Å². The number of hydrogen-bond acceptors (Lipinski definition) is 1. The number of aromatic nitrogens is 1. The maximum absolute atomic E-state index is 10.7. The van der Waals surface area contributed by atoms with Crippen molar-refractivity contribution in [2.75, 3.05) is 0 Å². The van der Waals surface area contributed by atoms with Crippen molar-refractivity contribution in [1.29, 1.82) is 0 Å². The minimum absolute atomic E-state index is 0.0874. The van der Waals surface area contributed by atoms with Crippen molar-refractivity contribution in [2.24, 2.45) is 0 Å². The van der Waals surface area contributed by atoms with E-state index >= 15 is 0 Å². The van der Waals surface area contributed by atoms with Crippen LogP contribution in [0.2, 0.25) is 10.2 Å². The summed E-state index contributed by atoms with van der Waals surface area (Å²) < 4.78 is 0.991. The lowest BCUT2D eigenvalue weighted by molar-refractivity contribution is -0.603. The number of halogens is 3. The molecule has 0 radical (unpaired) electrons. The standard InChI is InChI=1S/C5H2BrCl2NO/c6-4-1-3(7)2-9(10)5(4)8/h1-2H. The summed E-state index contributed by atoms with van der Waals surface area (Å²) in [6.07, 6.45) is 1.19. The molecule has 0 spiro atoms. The van der Waals surface area contributed by atoms with E-state index in [4.69, 9.17) is 23.2 Å². The molecule has 0 aliphatic carbocycles. The number of hydrogen-bond donors (Lipinski definition) is 0. The van der Waals surface area contributed by atoms with Crippen LogP contribution in [0.5, 0.6) is 0 Å².